The lowest BCUT2D eigenvalue weighted by Gasteiger charge is -2.14. The third kappa shape index (κ3) is 4.09. The molecule has 0 unspecified atom stereocenters. The number of aromatic nitrogens is 1. The number of carbonyl (C=O) groups excluding carboxylic acids is 1. The van der Waals surface area contributed by atoms with Crippen LogP contribution in [-0.4, -0.2) is 30.2 Å². The number of rotatable bonds is 5. The second-order valence-corrected chi connectivity index (χ2v) is 7.56. The minimum Gasteiger partial charge on any atom is -0.378 e. The van der Waals surface area contributed by atoms with Crippen molar-refractivity contribution in [3.8, 4) is 0 Å². The molecule has 2 aromatic rings. The molecule has 0 atom stereocenters. The zero-order valence-electron chi connectivity index (χ0n) is 14.2. The number of benzene rings is 1. The van der Waals surface area contributed by atoms with E-state index >= 15 is 0 Å². The number of pyridine rings is 1. The lowest BCUT2D eigenvalue weighted by atomic mass is 10.2. The van der Waals surface area contributed by atoms with Crippen LogP contribution < -0.4 is 10.2 Å². The van der Waals surface area contributed by atoms with Crippen LogP contribution in [0.4, 0.5) is 11.4 Å². The summed E-state index contributed by atoms with van der Waals surface area (Å²) in [6, 6.07) is 11.5. The number of anilines is 2. The van der Waals surface area contributed by atoms with E-state index in [1.165, 1.54) is 25.7 Å². The van der Waals surface area contributed by atoms with Gasteiger partial charge >= 0.3 is 0 Å². The third-order valence-electron chi connectivity index (χ3n) is 4.24. The van der Waals surface area contributed by atoms with E-state index in [-0.39, 0.29) is 5.91 Å². The number of thioether (sulfide) groups is 1. The number of nitrogens with zero attached hydrogens (tertiary/aromatic N) is 2. The van der Waals surface area contributed by atoms with Crippen LogP contribution in [0.3, 0.4) is 0 Å². The minimum absolute atomic E-state index is 0.0961. The van der Waals surface area contributed by atoms with Gasteiger partial charge in [0.2, 0.25) is 0 Å². The normalized spacial score (nSPS) is 14.6. The molecule has 1 aromatic carbocycles. The molecule has 0 radical (unpaired) electrons. The molecule has 0 aliphatic heterocycles. The zero-order valence-corrected chi connectivity index (χ0v) is 15.0. The van der Waals surface area contributed by atoms with Gasteiger partial charge in [0, 0.05) is 36.9 Å². The molecule has 126 valence electrons. The molecule has 4 nitrogen and oxygen atoms in total. The Hall–Kier alpha value is -2.01. The van der Waals surface area contributed by atoms with Crippen LogP contribution in [0.5, 0.6) is 0 Å². The topological polar surface area (TPSA) is 45.2 Å². The van der Waals surface area contributed by atoms with Crippen molar-refractivity contribution in [3.05, 3.63) is 48.2 Å². The first-order valence-electron chi connectivity index (χ1n) is 8.34. The summed E-state index contributed by atoms with van der Waals surface area (Å²) in [5.41, 5.74) is 2.56. The molecule has 0 bridgehead atoms. The van der Waals surface area contributed by atoms with Gasteiger partial charge in [-0.25, -0.2) is 4.98 Å². The van der Waals surface area contributed by atoms with Crippen molar-refractivity contribution >= 4 is 29.0 Å². The van der Waals surface area contributed by atoms with Crippen LogP contribution in [0.15, 0.2) is 47.6 Å². The molecule has 1 N–H and O–H groups in total. The highest BCUT2D eigenvalue weighted by Crippen LogP contribution is 2.35. The van der Waals surface area contributed by atoms with Gasteiger partial charge in [0.1, 0.15) is 5.03 Å². The first-order valence-corrected chi connectivity index (χ1v) is 9.22. The van der Waals surface area contributed by atoms with E-state index < -0.39 is 0 Å². The Kier molecular flexibility index (Phi) is 5.41. The maximum absolute atomic E-state index is 12.7. The number of carbonyl (C=O) groups is 1. The zero-order chi connectivity index (χ0) is 16.9. The quantitative estimate of drug-likeness (QED) is 0.873. The van der Waals surface area contributed by atoms with Crippen molar-refractivity contribution < 1.29 is 4.79 Å². The Morgan fingerprint density at radius 3 is 2.54 bits per heavy atom. The van der Waals surface area contributed by atoms with Crippen LogP contribution in [0.25, 0.3) is 0 Å². The van der Waals surface area contributed by atoms with Crippen molar-refractivity contribution in [2.45, 2.75) is 36.0 Å². The van der Waals surface area contributed by atoms with E-state index in [0.29, 0.717) is 10.8 Å². The summed E-state index contributed by atoms with van der Waals surface area (Å²) in [6.07, 6.45) is 6.76. The fourth-order valence-corrected chi connectivity index (χ4v) is 4.16. The summed E-state index contributed by atoms with van der Waals surface area (Å²) in [6.45, 7) is 0. The Morgan fingerprint density at radius 2 is 1.88 bits per heavy atom. The lowest BCUT2D eigenvalue weighted by Crippen LogP contribution is -2.14. The molecule has 1 fully saturated rings. The van der Waals surface area contributed by atoms with Crippen LogP contribution in [0, 0.1) is 0 Å². The summed E-state index contributed by atoms with van der Waals surface area (Å²) < 4.78 is 0. The van der Waals surface area contributed by atoms with E-state index in [4.69, 9.17) is 0 Å². The largest absolute Gasteiger partial charge is 0.378 e. The molecule has 5 heteroatoms. The number of hydrogen-bond donors (Lipinski definition) is 1. The van der Waals surface area contributed by atoms with Crippen molar-refractivity contribution in [2.24, 2.45) is 0 Å². The summed E-state index contributed by atoms with van der Waals surface area (Å²) >= 11 is 1.74. The average Bonchev–Trinajstić information content (AvgIpc) is 3.09. The van der Waals surface area contributed by atoms with Gasteiger partial charge in [0.15, 0.2) is 0 Å². The number of hydrogen-bond acceptors (Lipinski definition) is 4. The Morgan fingerprint density at radius 1 is 1.17 bits per heavy atom. The van der Waals surface area contributed by atoms with Crippen molar-refractivity contribution in [1.29, 1.82) is 0 Å². The van der Waals surface area contributed by atoms with Gasteiger partial charge < -0.3 is 10.2 Å². The molecule has 1 heterocycles. The summed E-state index contributed by atoms with van der Waals surface area (Å²) in [7, 11) is 3.99. The van der Waals surface area contributed by atoms with Gasteiger partial charge in [0.25, 0.3) is 5.91 Å². The van der Waals surface area contributed by atoms with Gasteiger partial charge in [-0.15, -0.1) is 11.8 Å². The summed E-state index contributed by atoms with van der Waals surface area (Å²) in [5.74, 6) is -0.0961. The lowest BCUT2D eigenvalue weighted by molar-refractivity contribution is 0.102. The van der Waals surface area contributed by atoms with E-state index in [1.54, 1.807) is 18.0 Å². The van der Waals surface area contributed by atoms with Crippen LogP contribution >= 0.6 is 11.8 Å². The van der Waals surface area contributed by atoms with Crippen molar-refractivity contribution in [3.63, 3.8) is 0 Å². The first-order chi connectivity index (χ1) is 11.6. The number of amides is 1. The molecular weight excluding hydrogens is 318 g/mol. The van der Waals surface area contributed by atoms with E-state index in [0.717, 1.165) is 16.4 Å². The monoisotopic (exact) mass is 341 g/mol. The molecule has 1 amide bonds. The molecule has 1 aliphatic rings. The minimum atomic E-state index is -0.0961. The highest BCUT2D eigenvalue weighted by molar-refractivity contribution is 7.99. The first kappa shape index (κ1) is 16.8. The third-order valence-corrected chi connectivity index (χ3v) is 5.59. The Bertz CT molecular complexity index is 694. The van der Waals surface area contributed by atoms with Gasteiger partial charge in [-0.3, -0.25) is 4.79 Å². The number of nitrogens with one attached hydrogen (secondary N) is 1. The maximum Gasteiger partial charge on any atom is 0.258 e. The van der Waals surface area contributed by atoms with Crippen molar-refractivity contribution in [1.82, 2.24) is 4.98 Å². The summed E-state index contributed by atoms with van der Waals surface area (Å²) in [4.78, 5) is 19.1. The van der Waals surface area contributed by atoms with Crippen LogP contribution in [0.1, 0.15) is 36.0 Å². The van der Waals surface area contributed by atoms with Crippen LogP contribution in [0.2, 0.25) is 0 Å². The predicted octanol–water partition coefficient (Wildman–Crippen LogP) is 4.43. The SMILES string of the molecule is CN(C)c1ccc(NC(=O)c2cccnc2SC2CCCC2)cc1. The van der Waals surface area contributed by atoms with E-state index in [1.807, 2.05) is 55.4 Å². The standard InChI is InChI=1S/C19H23N3OS/c1-22(2)15-11-9-14(10-12-15)21-18(23)17-8-5-13-20-19(17)24-16-6-3-4-7-16/h5,8-13,16H,3-4,6-7H2,1-2H3,(H,21,23). The molecule has 1 aromatic heterocycles. The second kappa shape index (κ2) is 7.71. The predicted molar refractivity (Wildman–Crippen MR) is 101 cm³/mol. The highest BCUT2D eigenvalue weighted by Gasteiger charge is 2.20. The smallest absolute Gasteiger partial charge is 0.258 e. The fraction of sp³-hybridized carbons (Fsp3) is 0.368. The summed E-state index contributed by atoms with van der Waals surface area (Å²) in [5, 5.41) is 4.41. The maximum atomic E-state index is 12.7. The van der Waals surface area contributed by atoms with Crippen LogP contribution in [-0.2, 0) is 0 Å². The molecular formula is C19H23N3OS. The Labute approximate surface area is 147 Å². The molecule has 1 aliphatic carbocycles. The second-order valence-electron chi connectivity index (χ2n) is 6.28. The molecule has 0 spiro atoms. The molecule has 0 saturated heterocycles. The highest BCUT2D eigenvalue weighted by atomic mass is 32.2. The Balaban J connectivity index is 1.72. The average molecular weight is 341 g/mol. The molecule has 1 saturated carbocycles. The van der Waals surface area contributed by atoms with Gasteiger partial charge in [0.05, 0.1) is 5.56 Å². The van der Waals surface area contributed by atoms with Gasteiger partial charge in [-0.2, -0.15) is 0 Å². The fourth-order valence-electron chi connectivity index (χ4n) is 2.86. The van der Waals surface area contributed by atoms with E-state index in [9.17, 15) is 4.79 Å². The van der Waals surface area contributed by atoms with Crippen molar-refractivity contribution in [2.75, 3.05) is 24.3 Å². The molecule has 3 rings (SSSR count). The van der Waals surface area contributed by atoms with Gasteiger partial charge in [-0.05, 0) is 49.2 Å². The van der Waals surface area contributed by atoms with E-state index in [2.05, 4.69) is 10.3 Å². The molecule has 24 heavy (non-hydrogen) atoms. The van der Waals surface area contributed by atoms with Gasteiger partial charge in [-0.1, -0.05) is 12.8 Å².